The van der Waals surface area contributed by atoms with E-state index in [9.17, 15) is 14.4 Å². The third-order valence-electron chi connectivity index (χ3n) is 6.38. The predicted octanol–water partition coefficient (Wildman–Crippen LogP) is 2.57. The van der Waals surface area contributed by atoms with Gasteiger partial charge in [-0.3, -0.25) is 9.59 Å². The van der Waals surface area contributed by atoms with E-state index in [2.05, 4.69) is 5.16 Å². The second-order valence-electron chi connectivity index (χ2n) is 8.04. The second-order valence-corrected chi connectivity index (χ2v) is 8.04. The van der Waals surface area contributed by atoms with Crippen LogP contribution in [0.5, 0.6) is 0 Å². The molecule has 8 heteroatoms. The van der Waals surface area contributed by atoms with Crippen molar-refractivity contribution in [1.82, 2.24) is 15.0 Å². The number of hydrogen-bond acceptors (Lipinski definition) is 5. The summed E-state index contributed by atoms with van der Waals surface area (Å²) in [6.45, 7) is 2.12. The van der Waals surface area contributed by atoms with E-state index in [1.54, 1.807) is 28.9 Å². The fourth-order valence-electron chi connectivity index (χ4n) is 5.13. The van der Waals surface area contributed by atoms with Crippen LogP contribution < -0.4 is 4.90 Å². The molecule has 3 saturated heterocycles. The molecule has 3 aliphatic heterocycles. The Morgan fingerprint density at radius 2 is 1.93 bits per heavy atom. The first-order chi connectivity index (χ1) is 14.5. The maximum atomic E-state index is 13.4. The lowest BCUT2D eigenvalue weighted by atomic mass is 10.1. The van der Waals surface area contributed by atoms with Crippen molar-refractivity contribution in [3.63, 3.8) is 0 Å². The lowest BCUT2D eigenvalue weighted by Gasteiger charge is -2.34. The summed E-state index contributed by atoms with van der Waals surface area (Å²) in [5.41, 5.74) is 0.816. The number of piperazine rings is 1. The van der Waals surface area contributed by atoms with Gasteiger partial charge in [0, 0.05) is 18.0 Å². The zero-order chi connectivity index (χ0) is 20.6. The molecular weight excluding hydrogens is 384 g/mol. The zero-order valence-electron chi connectivity index (χ0n) is 16.2. The summed E-state index contributed by atoms with van der Waals surface area (Å²) in [6, 6.07) is 13.4. The standard InChI is InChI=1S/C22H18N4O4/c1-12-9-16(23-30-12)20(27)24-11-14-10-18(24)19-21(28)26(22(29)25(14)19)17-8-4-6-13-5-2-3-7-15(13)17/h2-9,14,18-19H,10-11H2,1H3/t14-,18?,19+/m1/s1. The van der Waals surface area contributed by atoms with Gasteiger partial charge >= 0.3 is 6.03 Å². The van der Waals surface area contributed by atoms with Crippen molar-refractivity contribution in [3.8, 4) is 0 Å². The molecule has 1 unspecified atom stereocenters. The van der Waals surface area contributed by atoms with E-state index in [4.69, 9.17) is 4.52 Å². The molecule has 4 heterocycles. The zero-order valence-corrected chi connectivity index (χ0v) is 16.2. The average Bonchev–Trinajstić information content (AvgIpc) is 3.51. The van der Waals surface area contributed by atoms with Gasteiger partial charge in [0.2, 0.25) is 0 Å². The van der Waals surface area contributed by atoms with Gasteiger partial charge < -0.3 is 14.3 Å². The molecule has 8 nitrogen and oxygen atoms in total. The molecule has 3 aromatic rings. The highest BCUT2D eigenvalue weighted by atomic mass is 16.5. The Bertz CT molecular complexity index is 1230. The summed E-state index contributed by atoms with van der Waals surface area (Å²) in [6.07, 6.45) is 0.605. The van der Waals surface area contributed by atoms with Gasteiger partial charge in [0.05, 0.1) is 17.8 Å². The van der Waals surface area contributed by atoms with E-state index in [1.165, 1.54) is 4.90 Å². The molecule has 3 aliphatic rings. The molecule has 30 heavy (non-hydrogen) atoms. The van der Waals surface area contributed by atoms with Crippen molar-refractivity contribution in [2.24, 2.45) is 0 Å². The van der Waals surface area contributed by atoms with Gasteiger partial charge in [0.15, 0.2) is 5.69 Å². The third-order valence-corrected chi connectivity index (χ3v) is 6.38. The summed E-state index contributed by atoms with van der Waals surface area (Å²) in [7, 11) is 0. The van der Waals surface area contributed by atoms with E-state index in [0.29, 0.717) is 24.4 Å². The monoisotopic (exact) mass is 402 g/mol. The number of imide groups is 1. The van der Waals surface area contributed by atoms with Crippen LogP contribution in [0.2, 0.25) is 0 Å². The van der Waals surface area contributed by atoms with E-state index in [-0.39, 0.29) is 35.6 Å². The number of amides is 4. The molecule has 150 valence electrons. The SMILES string of the molecule is Cc1cc(C(=O)N2C[C@H]3CC2[C@H]2C(=O)N(c4cccc5ccccc45)C(=O)N32)no1. The predicted molar refractivity (Wildman–Crippen MR) is 107 cm³/mol. The van der Waals surface area contributed by atoms with Gasteiger partial charge in [-0.05, 0) is 24.8 Å². The van der Waals surface area contributed by atoms with Crippen LogP contribution in [0.15, 0.2) is 53.1 Å². The number of aryl methyl sites for hydroxylation is 1. The number of aromatic nitrogens is 1. The summed E-state index contributed by atoms with van der Waals surface area (Å²) < 4.78 is 5.03. The number of fused-ring (bicyclic) bond motifs is 6. The molecule has 6 rings (SSSR count). The number of anilines is 1. The van der Waals surface area contributed by atoms with Crippen LogP contribution in [-0.2, 0) is 4.79 Å². The van der Waals surface area contributed by atoms with Crippen LogP contribution in [0.25, 0.3) is 10.8 Å². The Kier molecular flexibility index (Phi) is 3.39. The first-order valence-electron chi connectivity index (χ1n) is 9.93. The van der Waals surface area contributed by atoms with Crippen LogP contribution in [0.1, 0.15) is 22.7 Å². The number of carbonyl (C=O) groups is 3. The van der Waals surface area contributed by atoms with Gasteiger partial charge in [-0.2, -0.15) is 0 Å². The van der Waals surface area contributed by atoms with Crippen LogP contribution in [-0.4, -0.2) is 57.5 Å². The molecule has 3 fully saturated rings. The normalized spacial score (nSPS) is 25.0. The second kappa shape index (κ2) is 5.91. The highest BCUT2D eigenvalue weighted by molar-refractivity contribution is 6.25. The number of likely N-dealkylation sites (tertiary alicyclic amines) is 1. The Hall–Kier alpha value is -3.68. The average molecular weight is 402 g/mol. The molecule has 0 radical (unpaired) electrons. The third kappa shape index (κ3) is 2.16. The minimum absolute atomic E-state index is 0.173. The Morgan fingerprint density at radius 3 is 2.73 bits per heavy atom. The molecular formula is C22H18N4O4. The molecule has 2 aromatic carbocycles. The first kappa shape index (κ1) is 17.2. The lowest BCUT2D eigenvalue weighted by molar-refractivity contribution is -0.121. The Labute approximate surface area is 171 Å². The molecule has 1 aromatic heterocycles. The fraction of sp³-hybridized carbons (Fsp3) is 0.273. The number of benzene rings is 2. The lowest BCUT2D eigenvalue weighted by Crippen LogP contribution is -2.54. The van der Waals surface area contributed by atoms with Crippen molar-refractivity contribution in [2.75, 3.05) is 11.4 Å². The number of nitrogens with zero attached hydrogens (tertiary/aromatic N) is 4. The van der Waals surface area contributed by atoms with Crippen molar-refractivity contribution in [2.45, 2.75) is 31.5 Å². The van der Waals surface area contributed by atoms with E-state index >= 15 is 0 Å². The fourth-order valence-corrected chi connectivity index (χ4v) is 5.13. The maximum Gasteiger partial charge on any atom is 0.332 e. The first-order valence-corrected chi connectivity index (χ1v) is 9.93. The van der Waals surface area contributed by atoms with Crippen molar-refractivity contribution in [3.05, 3.63) is 60.0 Å². The molecule has 0 aliphatic carbocycles. The topological polar surface area (TPSA) is 87.0 Å². The summed E-state index contributed by atoms with van der Waals surface area (Å²) >= 11 is 0. The van der Waals surface area contributed by atoms with Crippen molar-refractivity contribution < 1.29 is 18.9 Å². The number of rotatable bonds is 2. The molecule has 2 bridgehead atoms. The molecule has 0 spiro atoms. The summed E-state index contributed by atoms with van der Waals surface area (Å²) in [5.74, 6) is 0.0131. The number of urea groups is 1. The van der Waals surface area contributed by atoms with E-state index in [1.807, 2.05) is 36.4 Å². The van der Waals surface area contributed by atoms with Gasteiger partial charge in [0.1, 0.15) is 11.8 Å². The highest BCUT2D eigenvalue weighted by Crippen LogP contribution is 2.43. The smallest absolute Gasteiger partial charge is 0.332 e. The van der Waals surface area contributed by atoms with Gasteiger partial charge in [-0.25, -0.2) is 9.69 Å². The van der Waals surface area contributed by atoms with Gasteiger partial charge in [-0.1, -0.05) is 41.6 Å². The minimum Gasteiger partial charge on any atom is -0.361 e. The Balaban J connectivity index is 1.36. The minimum atomic E-state index is -0.660. The van der Waals surface area contributed by atoms with E-state index in [0.717, 1.165) is 10.8 Å². The summed E-state index contributed by atoms with van der Waals surface area (Å²) in [4.78, 5) is 44.2. The summed E-state index contributed by atoms with van der Waals surface area (Å²) in [5, 5.41) is 5.63. The quantitative estimate of drug-likeness (QED) is 0.615. The number of carbonyl (C=O) groups excluding carboxylic acids is 3. The van der Waals surface area contributed by atoms with Crippen LogP contribution in [0.4, 0.5) is 10.5 Å². The molecule has 0 N–H and O–H groups in total. The van der Waals surface area contributed by atoms with Crippen LogP contribution >= 0.6 is 0 Å². The molecule has 0 saturated carbocycles. The Morgan fingerprint density at radius 1 is 1.13 bits per heavy atom. The van der Waals surface area contributed by atoms with Gasteiger partial charge in [0.25, 0.3) is 11.8 Å². The molecule has 3 atom stereocenters. The number of hydrogen-bond donors (Lipinski definition) is 0. The van der Waals surface area contributed by atoms with Gasteiger partial charge in [-0.15, -0.1) is 0 Å². The maximum absolute atomic E-state index is 13.4. The van der Waals surface area contributed by atoms with Crippen LogP contribution in [0.3, 0.4) is 0 Å². The van der Waals surface area contributed by atoms with E-state index < -0.39 is 6.04 Å². The molecule has 4 amide bonds. The largest absolute Gasteiger partial charge is 0.361 e. The van der Waals surface area contributed by atoms with Crippen molar-refractivity contribution >= 4 is 34.3 Å². The highest BCUT2D eigenvalue weighted by Gasteiger charge is 2.63. The van der Waals surface area contributed by atoms with Crippen molar-refractivity contribution in [1.29, 1.82) is 0 Å². The van der Waals surface area contributed by atoms with Crippen LogP contribution in [0, 0.1) is 6.92 Å².